The van der Waals surface area contributed by atoms with E-state index in [1.54, 1.807) is 0 Å². The van der Waals surface area contributed by atoms with Crippen molar-refractivity contribution in [2.24, 2.45) is 0 Å². The monoisotopic (exact) mass is 310 g/mol. The third-order valence-corrected chi connectivity index (χ3v) is 4.54. The molecule has 0 spiro atoms. The summed E-state index contributed by atoms with van der Waals surface area (Å²) < 4.78 is 0. The van der Waals surface area contributed by atoms with E-state index in [4.69, 9.17) is 12.2 Å². The molecule has 3 rings (SSSR count). The Morgan fingerprint density at radius 1 is 1.14 bits per heavy atom. The summed E-state index contributed by atoms with van der Waals surface area (Å²) >= 11 is 5.53. The first-order chi connectivity index (χ1) is 10.6. The van der Waals surface area contributed by atoms with Crippen LogP contribution in [0.15, 0.2) is 42.5 Å². The van der Waals surface area contributed by atoms with E-state index in [1.165, 1.54) is 35.1 Å². The van der Waals surface area contributed by atoms with Crippen molar-refractivity contribution in [1.82, 2.24) is 5.32 Å². The van der Waals surface area contributed by atoms with Crippen LogP contribution in [-0.4, -0.2) is 5.11 Å². The van der Waals surface area contributed by atoms with Crippen molar-refractivity contribution < 1.29 is 0 Å². The standard InChI is InChI=1S/C19H22N2S/c1-13-10-11-14(2)18(12-13)21-19(22)20-17-9-5-7-15-6-3-4-8-16(15)17/h3-4,6,8,10-12,17H,5,7,9H2,1-2H3,(H2,20,21,22)/t17-/m1/s1. The van der Waals surface area contributed by atoms with Crippen LogP contribution < -0.4 is 10.6 Å². The molecular formula is C19H22N2S. The van der Waals surface area contributed by atoms with Crippen LogP contribution in [-0.2, 0) is 6.42 Å². The molecule has 3 heteroatoms. The molecule has 0 bridgehead atoms. The van der Waals surface area contributed by atoms with Crippen LogP contribution in [0.4, 0.5) is 5.69 Å². The van der Waals surface area contributed by atoms with Gasteiger partial charge in [-0.05, 0) is 73.6 Å². The van der Waals surface area contributed by atoms with Crippen molar-refractivity contribution in [2.75, 3.05) is 5.32 Å². The zero-order valence-corrected chi connectivity index (χ0v) is 14.0. The topological polar surface area (TPSA) is 24.1 Å². The van der Waals surface area contributed by atoms with Crippen molar-refractivity contribution in [2.45, 2.75) is 39.2 Å². The molecule has 2 N–H and O–H groups in total. The molecule has 2 aromatic carbocycles. The zero-order chi connectivity index (χ0) is 15.5. The third-order valence-electron chi connectivity index (χ3n) is 4.32. The highest BCUT2D eigenvalue weighted by Crippen LogP contribution is 2.29. The fourth-order valence-electron chi connectivity index (χ4n) is 3.09. The molecule has 2 nitrogen and oxygen atoms in total. The summed E-state index contributed by atoms with van der Waals surface area (Å²) in [4.78, 5) is 0. The number of benzene rings is 2. The molecule has 0 amide bonds. The summed E-state index contributed by atoms with van der Waals surface area (Å²) in [5.41, 5.74) is 6.36. The highest BCUT2D eigenvalue weighted by Gasteiger charge is 2.20. The molecule has 0 aliphatic heterocycles. The highest BCUT2D eigenvalue weighted by molar-refractivity contribution is 7.80. The summed E-state index contributed by atoms with van der Waals surface area (Å²) in [6.07, 6.45) is 3.51. The van der Waals surface area contributed by atoms with Gasteiger partial charge in [-0.3, -0.25) is 0 Å². The molecule has 0 radical (unpaired) electrons. The summed E-state index contributed by atoms with van der Waals surface area (Å²) in [5.74, 6) is 0. The first kappa shape index (κ1) is 15.0. The summed E-state index contributed by atoms with van der Waals surface area (Å²) in [7, 11) is 0. The van der Waals surface area contributed by atoms with Crippen molar-refractivity contribution in [3.8, 4) is 0 Å². The first-order valence-electron chi connectivity index (χ1n) is 7.86. The van der Waals surface area contributed by atoms with Crippen LogP contribution >= 0.6 is 12.2 Å². The molecule has 1 atom stereocenters. The number of fused-ring (bicyclic) bond motifs is 1. The van der Waals surface area contributed by atoms with Gasteiger partial charge in [-0.1, -0.05) is 36.4 Å². The smallest absolute Gasteiger partial charge is 0.171 e. The minimum atomic E-state index is 0.315. The van der Waals surface area contributed by atoms with Crippen LogP contribution in [0.2, 0.25) is 0 Å². The van der Waals surface area contributed by atoms with Gasteiger partial charge in [-0.2, -0.15) is 0 Å². The molecule has 0 saturated carbocycles. The van der Waals surface area contributed by atoms with Gasteiger partial charge in [-0.25, -0.2) is 0 Å². The second-order valence-corrected chi connectivity index (χ2v) is 6.47. The molecule has 0 heterocycles. The molecule has 1 aliphatic rings. The number of thiocarbonyl (C=S) groups is 1. The highest BCUT2D eigenvalue weighted by atomic mass is 32.1. The Balaban J connectivity index is 1.72. The number of hydrogen-bond acceptors (Lipinski definition) is 1. The van der Waals surface area contributed by atoms with Crippen LogP contribution in [0.1, 0.15) is 41.1 Å². The Labute approximate surface area is 137 Å². The van der Waals surface area contributed by atoms with Gasteiger partial charge in [0.05, 0.1) is 6.04 Å². The second-order valence-electron chi connectivity index (χ2n) is 6.06. The molecule has 1 aliphatic carbocycles. The Morgan fingerprint density at radius 3 is 2.82 bits per heavy atom. The lowest BCUT2D eigenvalue weighted by atomic mass is 9.88. The van der Waals surface area contributed by atoms with Crippen molar-refractivity contribution >= 4 is 23.0 Å². The average Bonchev–Trinajstić information content (AvgIpc) is 2.51. The number of hydrogen-bond donors (Lipinski definition) is 2. The molecule has 0 saturated heterocycles. The maximum absolute atomic E-state index is 5.53. The van der Waals surface area contributed by atoms with E-state index in [0.717, 1.165) is 12.1 Å². The van der Waals surface area contributed by atoms with Crippen LogP contribution in [0.5, 0.6) is 0 Å². The Morgan fingerprint density at radius 2 is 1.95 bits per heavy atom. The molecule has 0 aromatic heterocycles. The predicted octanol–water partition coefficient (Wildman–Crippen LogP) is 4.67. The van der Waals surface area contributed by atoms with E-state index in [0.29, 0.717) is 11.2 Å². The van der Waals surface area contributed by atoms with Gasteiger partial charge in [0.2, 0.25) is 0 Å². The largest absolute Gasteiger partial charge is 0.356 e. The van der Waals surface area contributed by atoms with Gasteiger partial charge in [-0.15, -0.1) is 0 Å². The molecule has 22 heavy (non-hydrogen) atoms. The van der Waals surface area contributed by atoms with Gasteiger partial charge >= 0.3 is 0 Å². The van der Waals surface area contributed by atoms with E-state index < -0.39 is 0 Å². The summed E-state index contributed by atoms with van der Waals surface area (Å²) in [6.45, 7) is 4.19. The van der Waals surface area contributed by atoms with Gasteiger partial charge in [0.15, 0.2) is 5.11 Å². The SMILES string of the molecule is Cc1ccc(C)c(NC(=S)N[C@@H]2CCCc3ccccc32)c1. The average molecular weight is 310 g/mol. The number of rotatable bonds is 2. The van der Waals surface area contributed by atoms with Crippen LogP contribution in [0.25, 0.3) is 0 Å². The fourth-order valence-corrected chi connectivity index (χ4v) is 3.34. The van der Waals surface area contributed by atoms with E-state index >= 15 is 0 Å². The minimum absolute atomic E-state index is 0.315. The van der Waals surface area contributed by atoms with Crippen LogP contribution in [0, 0.1) is 13.8 Å². The summed E-state index contributed by atoms with van der Waals surface area (Å²) in [6, 6.07) is 15.4. The lowest BCUT2D eigenvalue weighted by Gasteiger charge is -2.27. The molecule has 2 aromatic rings. The maximum Gasteiger partial charge on any atom is 0.171 e. The van der Waals surface area contributed by atoms with E-state index in [1.807, 2.05) is 0 Å². The molecule has 0 unspecified atom stereocenters. The Kier molecular flexibility index (Phi) is 4.44. The predicted molar refractivity (Wildman–Crippen MR) is 97.4 cm³/mol. The van der Waals surface area contributed by atoms with Crippen molar-refractivity contribution in [3.63, 3.8) is 0 Å². The van der Waals surface area contributed by atoms with E-state index in [9.17, 15) is 0 Å². The Bertz CT molecular complexity index is 694. The van der Waals surface area contributed by atoms with E-state index in [2.05, 4.69) is 66.9 Å². The number of aryl methyl sites for hydroxylation is 3. The summed E-state index contributed by atoms with van der Waals surface area (Å²) in [5, 5.41) is 7.54. The minimum Gasteiger partial charge on any atom is -0.356 e. The van der Waals surface area contributed by atoms with Crippen LogP contribution in [0.3, 0.4) is 0 Å². The van der Waals surface area contributed by atoms with Crippen molar-refractivity contribution in [3.05, 3.63) is 64.7 Å². The lowest BCUT2D eigenvalue weighted by Crippen LogP contribution is -2.34. The molecular weight excluding hydrogens is 288 g/mol. The fraction of sp³-hybridized carbons (Fsp3) is 0.316. The van der Waals surface area contributed by atoms with E-state index in [-0.39, 0.29) is 0 Å². The zero-order valence-electron chi connectivity index (χ0n) is 13.1. The lowest BCUT2D eigenvalue weighted by molar-refractivity contribution is 0.529. The first-order valence-corrected chi connectivity index (χ1v) is 8.27. The normalized spacial score (nSPS) is 16.7. The number of nitrogens with one attached hydrogen (secondary N) is 2. The van der Waals surface area contributed by atoms with Gasteiger partial charge in [0.1, 0.15) is 0 Å². The second kappa shape index (κ2) is 6.49. The molecule has 114 valence electrons. The third kappa shape index (κ3) is 3.30. The maximum atomic E-state index is 5.53. The van der Waals surface area contributed by atoms with Crippen molar-refractivity contribution in [1.29, 1.82) is 0 Å². The quantitative estimate of drug-likeness (QED) is 0.788. The van der Waals surface area contributed by atoms with Gasteiger partial charge in [0, 0.05) is 5.69 Å². The van der Waals surface area contributed by atoms with Gasteiger partial charge < -0.3 is 10.6 Å². The Hall–Kier alpha value is -1.87. The number of anilines is 1. The van der Waals surface area contributed by atoms with Gasteiger partial charge in [0.25, 0.3) is 0 Å². The molecule has 0 fully saturated rings.